The molecule has 0 aliphatic heterocycles. The van der Waals surface area contributed by atoms with Gasteiger partial charge in [-0.05, 0) is 79.7 Å². The monoisotopic (exact) mass is 816 g/mol. The average molecular weight is 817 g/mol. The molecule has 10 aromatic carbocycles. The third kappa shape index (κ3) is 5.90. The fraction of sp³-hybridized carbons (Fsp3) is 0. The number of nitrogens with zero attached hydrogens (tertiary/aromatic N) is 4. The highest BCUT2D eigenvalue weighted by molar-refractivity contribution is 6.20. The Morgan fingerprint density at radius 1 is 0.328 bits per heavy atom. The molecule has 0 atom stereocenters. The van der Waals surface area contributed by atoms with Crippen molar-refractivity contribution in [3.8, 4) is 62.1 Å². The van der Waals surface area contributed by atoms with Gasteiger partial charge in [-0.1, -0.05) is 188 Å². The molecule has 0 amide bonds. The Kier molecular flexibility index (Phi) is 8.15. The molecule has 3 heterocycles. The molecule has 0 saturated heterocycles. The Morgan fingerprint density at radius 3 is 1.55 bits per heavy atom. The highest BCUT2D eigenvalue weighted by Crippen LogP contribution is 2.42. The summed E-state index contributed by atoms with van der Waals surface area (Å²) in [5.74, 6) is 1.73. The van der Waals surface area contributed by atoms with Crippen LogP contribution in [0.1, 0.15) is 0 Å². The predicted molar refractivity (Wildman–Crippen MR) is 264 cm³/mol. The summed E-state index contributed by atoms with van der Waals surface area (Å²) in [6.07, 6.45) is 0. The minimum atomic E-state index is 0.540. The molecule has 0 fully saturated rings. The van der Waals surface area contributed by atoms with E-state index >= 15 is 0 Å². The van der Waals surface area contributed by atoms with E-state index in [0.717, 1.165) is 93.6 Å². The molecule has 0 aliphatic carbocycles. The normalized spacial score (nSPS) is 11.8. The van der Waals surface area contributed by atoms with Crippen LogP contribution >= 0.6 is 0 Å². The van der Waals surface area contributed by atoms with Gasteiger partial charge in [0.25, 0.3) is 0 Å². The second kappa shape index (κ2) is 14.5. The second-order valence-electron chi connectivity index (χ2n) is 16.4. The molecule has 298 valence electrons. The lowest BCUT2D eigenvalue weighted by Crippen LogP contribution is -2.07. The molecule has 5 nitrogen and oxygen atoms in total. The van der Waals surface area contributed by atoms with Crippen LogP contribution < -0.4 is 0 Å². The third-order valence-corrected chi connectivity index (χ3v) is 12.7. The van der Waals surface area contributed by atoms with Crippen molar-refractivity contribution in [2.75, 3.05) is 0 Å². The van der Waals surface area contributed by atoms with Gasteiger partial charge in [0.15, 0.2) is 11.6 Å². The number of fused-ring (bicyclic) bond motifs is 9. The second-order valence-corrected chi connectivity index (χ2v) is 16.4. The first kappa shape index (κ1) is 36.0. The maximum absolute atomic E-state index is 6.62. The van der Waals surface area contributed by atoms with Crippen molar-refractivity contribution in [3.05, 3.63) is 218 Å². The van der Waals surface area contributed by atoms with Crippen molar-refractivity contribution in [2.45, 2.75) is 0 Å². The highest BCUT2D eigenvalue weighted by atomic mass is 16.3. The number of furan rings is 1. The van der Waals surface area contributed by atoms with Crippen LogP contribution in [0.25, 0.3) is 127 Å². The van der Waals surface area contributed by atoms with E-state index in [-0.39, 0.29) is 0 Å². The summed E-state index contributed by atoms with van der Waals surface area (Å²) in [7, 11) is 0. The van der Waals surface area contributed by atoms with Crippen molar-refractivity contribution in [2.24, 2.45) is 0 Å². The molecule has 0 aliphatic rings. The SMILES string of the molecule is c1ccc(-c2ccc(-c3nc(-c4ccc(-c5ccccc5)cc4)nc(-n4c5cc6ccccc6cc5c5cccc(-c6ccc7c(c6)oc6ccc8ccccc8c67)c54)n3)cc2)cc1. The minimum absolute atomic E-state index is 0.540. The zero-order valence-electron chi connectivity index (χ0n) is 34.5. The Hall–Kier alpha value is -8.67. The van der Waals surface area contributed by atoms with E-state index in [4.69, 9.17) is 19.4 Å². The molecule has 0 saturated carbocycles. The molecule has 0 bridgehead atoms. The van der Waals surface area contributed by atoms with Gasteiger partial charge in [-0.2, -0.15) is 9.97 Å². The van der Waals surface area contributed by atoms with Crippen LogP contribution in [-0.4, -0.2) is 19.5 Å². The van der Waals surface area contributed by atoms with Gasteiger partial charge < -0.3 is 4.42 Å². The number of hydrogen-bond acceptors (Lipinski definition) is 4. The quantitative estimate of drug-likeness (QED) is 0.168. The summed E-state index contributed by atoms with van der Waals surface area (Å²) in [5.41, 5.74) is 12.2. The van der Waals surface area contributed by atoms with Crippen LogP contribution in [0.4, 0.5) is 0 Å². The van der Waals surface area contributed by atoms with Gasteiger partial charge in [-0.25, -0.2) is 4.98 Å². The van der Waals surface area contributed by atoms with Gasteiger partial charge in [0, 0.05) is 38.2 Å². The molecule has 13 aromatic rings. The van der Waals surface area contributed by atoms with Gasteiger partial charge in [-0.15, -0.1) is 0 Å². The first-order valence-corrected chi connectivity index (χ1v) is 21.6. The first-order chi connectivity index (χ1) is 31.7. The molecule has 5 heteroatoms. The number of aromatic nitrogens is 4. The summed E-state index contributed by atoms with van der Waals surface area (Å²) >= 11 is 0. The summed E-state index contributed by atoms with van der Waals surface area (Å²) < 4.78 is 8.87. The fourth-order valence-corrected chi connectivity index (χ4v) is 9.51. The molecule has 0 spiro atoms. The topological polar surface area (TPSA) is 56.7 Å². The van der Waals surface area contributed by atoms with Gasteiger partial charge in [-0.3, -0.25) is 4.57 Å². The van der Waals surface area contributed by atoms with Crippen molar-refractivity contribution in [1.82, 2.24) is 19.5 Å². The Morgan fingerprint density at radius 2 is 0.875 bits per heavy atom. The minimum Gasteiger partial charge on any atom is -0.456 e. The van der Waals surface area contributed by atoms with E-state index in [9.17, 15) is 0 Å². The standard InChI is InChI=1S/C59H36N4O/c1-3-12-37(13-4-1)39-22-26-42(27-23-39)57-60-58(43-28-24-40(25-29-43)38-14-5-2-6-15-38)62-59(61-57)63-52-35-45-18-8-7-17-44(45)34-51(52)49-21-11-20-48(56(49)63)46-30-32-50-54(36-46)64-53-33-31-41-16-9-10-19-47(41)55(50)53/h1-36H. The van der Waals surface area contributed by atoms with Crippen LogP contribution in [0, 0.1) is 0 Å². The van der Waals surface area contributed by atoms with Crippen molar-refractivity contribution < 1.29 is 4.42 Å². The highest BCUT2D eigenvalue weighted by Gasteiger charge is 2.22. The van der Waals surface area contributed by atoms with Crippen LogP contribution in [0.3, 0.4) is 0 Å². The Bertz CT molecular complexity index is 3830. The van der Waals surface area contributed by atoms with E-state index in [1.54, 1.807) is 0 Å². The molecule has 64 heavy (non-hydrogen) atoms. The molecule has 0 N–H and O–H groups in total. The third-order valence-electron chi connectivity index (χ3n) is 12.7. The summed E-state index contributed by atoms with van der Waals surface area (Å²) in [6, 6.07) is 76.9. The van der Waals surface area contributed by atoms with E-state index < -0.39 is 0 Å². The molecule has 13 rings (SSSR count). The van der Waals surface area contributed by atoms with Crippen LogP contribution in [0.5, 0.6) is 0 Å². The van der Waals surface area contributed by atoms with Gasteiger partial charge in [0.2, 0.25) is 5.95 Å². The van der Waals surface area contributed by atoms with Crippen LogP contribution in [0.15, 0.2) is 223 Å². The molecule has 3 aromatic heterocycles. The maximum Gasteiger partial charge on any atom is 0.238 e. The first-order valence-electron chi connectivity index (χ1n) is 21.6. The zero-order chi connectivity index (χ0) is 42.1. The number of para-hydroxylation sites is 1. The lowest BCUT2D eigenvalue weighted by atomic mass is 9.99. The summed E-state index contributed by atoms with van der Waals surface area (Å²) in [4.78, 5) is 16.0. The fourth-order valence-electron chi connectivity index (χ4n) is 9.51. The molecule has 0 radical (unpaired) electrons. The van der Waals surface area contributed by atoms with E-state index in [1.807, 2.05) is 12.1 Å². The lowest BCUT2D eigenvalue weighted by Gasteiger charge is -2.13. The van der Waals surface area contributed by atoms with Crippen LogP contribution in [-0.2, 0) is 0 Å². The van der Waals surface area contributed by atoms with Crippen molar-refractivity contribution in [1.29, 1.82) is 0 Å². The number of benzene rings is 10. The largest absolute Gasteiger partial charge is 0.456 e. The smallest absolute Gasteiger partial charge is 0.238 e. The number of rotatable bonds is 6. The van der Waals surface area contributed by atoms with Gasteiger partial charge in [0.1, 0.15) is 11.2 Å². The van der Waals surface area contributed by atoms with E-state index in [1.165, 1.54) is 16.2 Å². The zero-order valence-corrected chi connectivity index (χ0v) is 34.5. The summed E-state index contributed by atoms with van der Waals surface area (Å²) in [5, 5.41) is 9.15. The van der Waals surface area contributed by atoms with Gasteiger partial charge >= 0.3 is 0 Å². The van der Waals surface area contributed by atoms with Crippen LogP contribution in [0.2, 0.25) is 0 Å². The number of hydrogen-bond donors (Lipinski definition) is 0. The van der Waals surface area contributed by atoms with Crippen molar-refractivity contribution in [3.63, 3.8) is 0 Å². The van der Waals surface area contributed by atoms with Crippen molar-refractivity contribution >= 4 is 65.3 Å². The maximum atomic E-state index is 6.62. The predicted octanol–water partition coefficient (Wildman–Crippen LogP) is 15.5. The molecular formula is C59H36N4O. The van der Waals surface area contributed by atoms with E-state index in [0.29, 0.717) is 17.6 Å². The average Bonchev–Trinajstić information content (AvgIpc) is 3.91. The Balaban J connectivity index is 1.06. The molecule has 0 unspecified atom stereocenters. The summed E-state index contributed by atoms with van der Waals surface area (Å²) in [6.45, 7) is 0. The Labute approximate surface area is 368 Å². The van der Waals surface area contributed by atoms with E-state index in [2.05, 4.69) is 211 Å². The molecular weight excluding hydrogens is 781 g/mol. The van der Waals surface area contributed by atoms with Gasteiger partial charge in [0.05, 0.1) is 11.0 Å². The lowest BCUT2D eigenvalue weighted by molar-refractivity contribution is 0.669.